The van der Waals surface area contributed by atoms with Crippen molar-refractivity contribution in [3.05, 3.63) is 35.9 Å². The zero-order valence-corrected chi connectivity index (χ0v) is 9.93. The van der Waals surface area contributed by atoms with E-state index in [1.54, 1.807) is 0 Å². The molecule has 0 spiro atoms. The van der Waals surface area contributed by atoms with Crippen LogP contribution in [0.5, 0.6) is 0 Å². The fourth-order valence-corrected chi connectivity index (χ4v) is 2.12. The number of nitrogens with zero attached hydrogens (tertiary/aromatic N) is 1. The number of rotatable bonds is 4. The highest BCUT2D eigenvalue weighted by atomic mass is 32.2. The number of benzene rings is 1. The summed E-state index contributed by atoms with van der Waals surface area (Å²) in [7, 11) is 0. The summed E-state index contributed by atoms with van der Waals surface area (Å²) in [5.74, 6) is 0. The third-order valence-corrected chi connectivity index (χ3v) is 3.19. The molecule has 1 fully saturated rings. The minimum Gasteiger partial charge on any atom is -0.464 e. The third-order valence-electron chi connectivity index (χ3n) is 2.34. The summed E-state index contributed by atoms with van der Waals surface area (Å²) in [6.45, 7) is 1.19. The number of hydrogen-bond donors (Lipinski definition) is 1. The molecule has 1 aliphatic heterocycles. The van der Waals surface area contributed by atoms with Gasteiger partial charge in [-0.3, -0.25) is 4.18 Å². The van der Waals surface area contributed by atoms with Gasteiger partial charge >= 0.3 is 6.09 Å². The average Bonchev–Trinajstić information content (AvgIpc) is 2.79. The van der Waals surface area contributed by atoms with Gasteiger partial charge in [0, 0.05) is 0 Å². The predicted molar refractivity (Wildman–Crippen MR) is 63.3 cm³/mol. The Morgan fingerprint density at radius 2 is 2.29 bits per heavy atom. The van der Waals surface area contributed by atoms with Crippen molar-refractivity contribution < 1.29 is 18.8 Å². The van der Waals surface area contributed by atoms with Crippen LogP contribution in [-0.4, -0.2) is 34.8 Å². The molecule has 2 rings (SSSR count). The first kappa shape index (κ1) is 12.2. The lowest BCUT2D eigenvalue weighted by molar-refractivity contribution is 0.0753. The van der Waals surface area contributed by atoms with Crippen molar-refractivity contribution in [1.82, 2.24) is 4.31 Å². The highest BCUT2D eigenvalue weighted by Crippen LogP contribution is 2.24. The van der Waals surface area contributed by atoms with E-state index >= 15 is 0 Å². The van der Waals surface area contributed by atoms with Gasteiger partial charge in [0.2, 0.25) is 0 Å². The maximum Gasteiger partial charge on any atom is 0.419 e. The molecule has 0 bridgehead atoms. The molecule has 17 heavy (non-hydrogen) atoms. The molecule has 1 heterocycles. The Morgan fingerprint density at radius 3 is 3.00 bits per heavy atom. The van der Waals surface area contributed by atoms with Crippen LogP contribution < -0.4 is 0 Å². The van der Waals surface area contributed by atoms with Crippen LogP contribution in [0.4, 0.5) is 4.79 Å². The van der Waals surface area contributed by atoms with E-state index in [2.05, 4.69) is 0 Å². The van der Waals surface area contributed by atoms with E-state index in [1.807, 2.05) is 30.3 Å². The Hall–Kier alpha value is -1.24. The van der Waals surface area contributed by atoms with Gasteiger partial charge in [-0.2, -0.15) is 0 Å². The monoisotopic (exact) mass is 255 g/mol. The number of carboxylic acid groups (broad SMARTS) is 1. The Bertz CT molecular complexity index is 373. The van der Waals surface area contributed by atoms with E-state index < -0.39 is 6.09 Å². The van der Waals surface area contributed by atoms with E-state index in [9.17, 15) is 4.79 Å². The third kappa shape index (κ3) is 3.36. The Kier molecular flexibility index (Phi) is 4.24. The molecule has 1 atom stereocenters. The van der Waals surface area contributed by atoms with E-state index in [0.29, 0.717) is 19.8 Å². The SMILES string of the molecule is O=C(O)N1SOCC1COCc1ccccc1. The molecule has 1 amide bonds. The molecular weight excluding hydrogens is 242 g/mol. The summed E-state index contributed by atoms with van der Waals surface area (Å²) in [5.41, 5.74) is 1.07. The van der Waals surface area contributed by atoms with Crippen LogP contribution in [0.25, 0.3) is 0 Å². The summed E-state index contributed by atoms with van der Waals surface area (Å²) in [5, 5.41) is 8.87. The van der Waals surface area contributed by atoms with Crippen LogP contribution in [0.1, 0.15) is 5.56 Å². The van der Waals surface area contributed by atoms with Gasteiger partial charge in [0.1, 0.15) is 12.2 Å². The van der Waals surface area contributed by atoms with E-state index in [1.165, 1.54) is 4.31 Å². The Morgan fingerprint density at radius 1 is 1.53 bits per heavy atom. The second-order valence-corrected chi connectivity index (χ2v) is 4.40. The highest BCUT2D eigenvalue weighted by Gasteiger charge is 2.31. The zero-order valence-electron chi connectivity index (χ0n) is 9.11. The molecule has 1 aliphatic rings. The summed E-state index contributed by atoms with van der Waals surface area (Å²) in [4.78, 5) is 10.8. The molecule has 1 N–H and O–H groups in total. The molecule has 1 aromatic carbocycles. The van der Waals surface area contributed by atoms with Crippen LogP contribution in [0.15, 0.2) is 30.3 Å². The zero-order chi connectivity index (χ0) is 12.1. The molecule has 0 saturated carbocycles. The number of carbonyl (C=O) groups is 1. The number of hydrogen-bond acceptors (Lipinski definition) is 4. The number of ether oxygens (including phenoxy) is 1. The predicted octanol–water partition coefficient (Wildman–Crippen LogP) is 2.15. The molecular formula is C11H13NO4S. The van der Waals surface area contributed by atoms with Crippen molar-refractivity contribution in [3.63, 3.8) is 0 Å². The van der Waals surface area contributed by atoms with E-state index in [0.717, 1.165) is 17.8 Å². The molecule has 0 radical (unpaired) electrons. The molecule has 1 saturated heterocycles. The van der Waals surface area contributed by atoms with Crippen molar-refractivity contribution in [3.8, 4) is 0 Å². The lowest BCUT2D eigenvalue weighted by atomic mass is 10.2. The fraction of sp³-hybridized carbons (Fsp3) is 0.364. The number of amides is 1. The van der Waals surface area contributed by atoms with Crippen molar-refractivity contribution >= 4 is 18.3 Å². The summed E-state index contributed by atoms with van der Waals surface area (Å²) < 4.78 is 11.7. The summed E-state index contributed by atoms with van der Waals surface area (Å²) in [6, 6.07) is 9.52. The van der Waals surface area contributed by atoms with Gasteiger partial charge in [0.05, 0.1) is 25.9 Å². The molecule has 6 heteroatoms. The maximum absolute atomic E-state index is 10.8. The quantitative estimate of drug-likeness (QED) is 0.660. The van der Waals surface area contributed by atoms with Crippen molar-refractivity contribution in [2.24, 2.45) is 0 Å². The molecule has 0 aliphatic carbocycles. The van der Waals surface area contributed by atoms with Crippen molar-refractivity contribution in [2.45, 2.75) is 12.6 Å². The first-order valence-corrected chi connectivity index (χ1v) is 5.90. The van der Waals surface area contributed by atoms with Gasteiger partial charge in [0.25, 0.3) is 0 Å². The summed E-state index contributed by atoms with van der Waals surface area (Å²) in [6.07, 6.45) is -0.999. The molecule has 1 unspecified atom stereocenters. The molecule has 1 aromatic rings. The highest BCUT2D eigenvalue weighted by molar-refractivity contribution is 7.93. The summed E-state index contributed by atoms with van der Waals surface area (Å²) >= 11 is 0.859. The van der Waals surface area contributed by atoms with Crippen LogP contribution in [-0.2, 0) is 15.5 Å². The van der Waals surface area contributed by atoms with Crippen LogP contribution >= 0.6 is 12.2 Å². The van der Waals surface area contributed by atoms with Crippen molar-refractivity contribution in [1.29, 1.82) is 0 Å². The van der Waals surface area contributed by atoms with Crippen LogP contribution in [0.2, 0.25) is 0 Å². The van der Waals surface area contributed by atoms with Gasteiger partial charge in [-0.15, -0.1) is 0 Å². The topological polar surface area (TPSA) is 59.0 Å². The second kappa shape index (κ2) is 5.90. The van der Waals surface area contributed by atoms with Gasteiger partial charge in [0.15, 0.2) is 0 Å². The average molecular weight is 255 g/mol. The molecule has 92 valence electrons. The first-order valence-electron chi connectivity index (χ1n) is 5.21. The Labute approximate surface area is 104 Å². The Balaban J connectivity index is 1.77. The smallest absolute Gasteiger partial charge is 0.419 e. The molecule has 5 nitrogen and oxygen atoms in total. The maximum atomic E-state index is 10.8. The lowest BCUT2D eigenvalue weighted by Gasteiger charge is -2.16. The molecule has 0 aromatic heterocycles. The fourth-order valence-electron chi connectivity index (χ4n) is 1.49. The minimum atomic E-state index is -0.999. The second-order valence-electron chi connectivity index (χ2n) is 3.62. The van der Waals surface area contributed by atoms with Crippen LogP contribution in [0.3, 0.4) is 0 Å². The largest absolute Gasteiger partial charge is 0.464 e. The van der Waals surface area contributed by atoms with Gasteiger partial charge < -0.3 is 9.84 Å². The normalized spacial score (nSPS) is 19.5. The van der Waals surface area contributed by atoms with Gasteiger partial charge in [-0.05, 0) is 5.56 Å². The van der Waals surface area contributed by atoms with E-state index in [4.69, 9.17) is 14.0 Å². The lowest BCUT2D eigenvalue weighted by Crippen LogP contribution is -2.34. The van der Waals surface area contributed by atoms with Crippen LogP contribution in [0, 0.1) is 0 Å². The van der Waals surface area contributed by atoms with E-state index in [-0.39, 0.29) is 6.04 Å². The first-order chi connectivity index (χ1) is 8.27. The standard InChI is InChI=1S/C11H13NO4S/c13-11(14)12-10(8-16-17-12)7-15-6-9-4-2-1-3-5-9/h1-5,10H,6-8H2,(H,13,14). The van der Waals surface area contributed by atoms with Gasteiger partial charge in [-0.25, -0.2) is 9.10 Å². The van der Waals surface area contributed by atoms with Crippen molar-refractivity contribution in [2.75, 3.05) is 13.2 Å². The van der Waals surface area contributed by atoms with Gasteiger partial charge in [-0.1, -0.05) is 30.3 Å². The minimum absolute atomic E-state index is 0.235.